The number of halogens is 1. The Morgan fingerprint density at radius 2 is 1.95 bits per heavy atom. The smallest absolute Gasteiger partial charge is 0.415 e. The Hall–Kier alpha value is -1.82. The SMILES string of the molecule is CC.Cc1cnn2c(N(C)C(=O)OC(C)(C)C)cc(Cl)nc12. The largest absolute Gasteiger partial charge is 0.443 e. The predicted octanol–water partition coefficient (Wildman–Crippen LogP) is 4.09. The van der Waals surface area contributed by atoms with E-state index in [0.29, 0.717) is 16.6 Å². The predicted molar refractivity (Wildman–Crippen MR) is 88.7 cm³/mol. The van der Waals surface area contributed by atoms with Crippen LogP contribution in [-0.4, -0.2) is 33.3 Å². The van der Waals surface area contributed by atoms with Crippen molar-refractivity contribution in [3.63, 3.8) is 0 Å². The van der Waals surface area contributed by atoms with E-state index in [1.54, 1.807) is 23.8 Å². The minimum absolute atomic E-state index is 0.298. The average molecular weight is 327 g/mol. The highest BCUT2D eigenvalue weighted by molar-refractivity contribution is 6.29. The number of aryl methyl sites for hydroxylation is 1. The number of nitrogens with zero attached hydrogens (tertiary/aromatic N) is 4. The second-order valence-corrected chi connectivity index (χ2v) is 5.93. The molecule has 122 valence electrons. The highest BCUT2D eigenvalue weighted by Gasteiger charge is 2.23. The topological polar surface area (TPSA) is 59.7 Å². The summed E-state index contributed by atoms with van der Waals surface area (Å²) in [6.45, 7) is 11.3. The van der Waals surface area contributed by atoms with E-state index >= 15 is 0 Å². The number of rotatable bonds is 1. The number of ether oxygens (including phenoxy) is 1. The Morgan fingerprint density at radius 3 is 2.50 bits per heavy atom. The maximum absolute atomic E-state index is 12.1. The minimum Gasteiger partial charge on any atom is -0.443 e. The number of fused-ring (bicyclic) bond motifs is 1. The first kappa shape index (κ1) is 18.2. The fourth-order valence-corrected chi connectivity index (χ4v) is 1.87. The first-order valence-electron chi connectivity index (χ1n) is 7.16. The van der Waals surface area contributed by atoms with Gasteiger partial charge in [-0.05, 0) is 27.7 Å². The standard InChI is InChI=1S/C13H17ClN4O2.C2H6/c1-8-7-15-18-10(6-9(14)16-11(8)18)17(5)12(19)20-13(2,3)4;1-2/h6-7H,1-5H3;1-2H3. The summed E-state index contributed by atoms with van der Waals surface area (Å²) in [5.41, 5.74) is 0.927. The zero-order valence-electron chi connectivity index (χ0n) is 14.1. The van der Waals surface area contributed by atoms with Crippen molar-refractivity contribution in [2.75, 3.05) is 11.9 Å². The molecule has 2 rings (SSSR count). The molecule has 0 unspecified atom stereocenters. The number of anilines is 1. The summed E-state index contributed by atoms with van der Waals surface area (Å²) < 4.78 is 6.89. The Balaban J connectivity index is 0.00000116. The Morgan fingerprint density at radius 1 is 1.36 bits per heavy atom. The molecule has 0 spiro atoms. The first-order valence-corrected chi connectivity index (χ1v) is 7.54. The van der Waals surface area contributed by atoms with Crippen molar-refractivity contribution >= 4 is 29.2 Å². The van der Waals surface area contributed by atoms with Gasteiger partial charge in [0.15, 0.2) is 5.65 Å². The van der Waals surface area contributed by atoms with Crippen molar-refractivity contribution < 1.29 is 9.53 Å². The van der Waals surface area contributed by atoms with Gasteiger partial charge in [-0.25, -0.2) is 9.78 Å². The van der Waals surface area contributed by atoms with E-state index in [2.05, 4.69) is 10.1 Å². The van der Waals surface area contributed by atoms with E-state index in [1.807, 2.05) is 41.5 Å². The van der Waals surface area contributed by atoms with Gasteiger partial charge >= 0.3 is 6.09 Å². The van der Waals surface area contributed by atoms with Gasteiger partial charge in [-0.15, -0.1) is 0 Å². The van der Waals surface area contributed by atoms with Gasteiger partial charge < -0.3 is 4.74 Å². The summed E-state index contributed by atoms with van der Waals surface area (Å²) in [6.07, 6.45) is 1.19. The van der Waals surface area contributed by atoms with Crippen LogP contribution in [0.5, 0.6) is 0 Å². The molecule has 0 aliphatic carbocycles. The molecular formula is C15H23ClN4O2. The third-order valence-electron chi connectivity index (χ3n) is 2.61. The van der Waals surface area contributed by atoms with Gasteiger partial charge in [-0.2, -0.15) is 9.61 Å². The zero-order valence-corrected chi connectivity index (χ0v) is 14.9. The zero-order chi connectivity index (χ0) is 17.1. The molecule has 0 N–H and O–H groups in total. The molecule has 0 radical (unpaired) electrons. The number of hydrogen-bond acceptors (Lipinski definition) is 4. The lowest BCUT2D eigenvalue weighted by Gasteiger charge is -2.24. The Kier molecular flexibility index (Phi) is 5.77. The van der Waals surface area contributed by atoms with Crippen molar-refractivity contribution in [1.82, 2.24) is 14.6 Å². The quantitative estimate of drug-likeness (QED) is 0.740. The monoisotopic (exact) mass is 326 g/mol. The van der Waals surface area contributed by atoms with Crippen LogP contribution in [0.2, 0.25) is 5.15 Å². The fourth-order valence-electron chi connectivity index (χ4n) is 1.69. The van der Waals surface area contributed by atoms with Gasteiger partial charge in [0, 0.05) is 18.7 Å². The third kappa shape index (κ3) is 4.10. The molecule has 7 heteroatoms. The molecule has 0 bridgehead atoms. The molecule has 2 aromatic rings. The molecule has 1 amide bonds. The van der Waals surface area contributed by atoms with Gasteiger partial charge in [0.05, 0.1) is 6.20 Å². The van der Waals surface area contributed by atoms with E-state index in [-0.39, 0.29) is 0 Å². The van der Waals surface area contributed by atoms with Crippen LogP contribution in [0.25, 0.3) is 5.65 Å². The van der Waals surface area contributed by atoms with Crippen molar-refractivity contribution in [3.05, 3.63) is 23.0 Å². The Labute approximate surface area is 136 Å². The first-order chi connectivity index (χ1) is 10.2. The summed E-state index contributed by atoms with van der Waals surface area (Å²) >= 11 is 6.00. The van der Waals surface area contributed by atoms with Crippen molar-refractivity contribution in [2.24, 2.45) is 0 Å². The van der Waals surface area contributed by atoms with Gasteiger partial charge in [0.2, 0.25) is 0 Å². The summed E-state index contributed by atoms with van der Waals surface area (Å²) in [4.78, 5) is 17.7. The van der Waals surface area contributed by atoms with Crippen LogP contribution in [0.3, 0.4) is 0 Å². The van der Waals surface area contributed by atoms with Gasteiger partial charge in [0.25, 0.3) is 0 Å². The van der Waals surface area contributed by atoms with E-state index in [4.69, 9.17) is 16.3 Å². The molecular weight excluding hydrogens is 304 g/mol. The van der Waals surface area contributed by atoms with Crippen LogP contribution < -0.4 is 4.90 Å². The molecule has 0 saturated heterocycles. The van der Waals surface area contributed by atoms with Crippen molar-refractivity contribution in [2.45, 2.75) is 47.1 Å². The van der Waals surface area contributed by atoms with Crippen molar-refractivity contribution in [3.8, 4) is 0 Å². The van der Waals surface area contributed by atoms with Gasteiger partial charge in [-0.3, -0.25) is 4.90 Å². The number of hydrogen-bond donors (Lipinski definition) is 0. The van der Waals surface area contributed by atoms with Crippen LogP contribution in [-0.2, 0) is 4.74 Å². The number of carbonyl (C=O) groups is 1. The minimum atomic E-state index is -0.568. The lowest BCUT2D eigenvalue weighted by molar-refractivity contribution is 0.0587. The molecule has 6 nitrogen and oxygen atoms in total. The maximum atomic E-state index is 12.1. The molecule has 22 heavy (non-hydrogen) atoms. The molecule has 0 atom stereocenters. The summed E-state index contributed by atoms with van der Waals surface area (Å²) in [7, 11) is 1.61. The van der Waals surface area contributed by atoms with Crippen LogP contribution >= 0.6 is 11.6 Å². The summed E-state index contributed by atoms with van der Waals surface area (Å²) in [5.74, 6) is 0.502. The second-order valence-electron chi connectivity index (χ2n) is 5.54. The highest BCUT2D eigenvalue weighted by atomic mass is 35.5. The van der Waals surface area contributed by atoms with Gasteiger partial charge in [-0.1, -0.05) is 25.4 Å². The second kappa shape index (κ2) is 6.96. The molecule has 0 fully saturated rings. The van der Waals surface area contributed by atoms with Gasteiger partial charge in [0.1, 0.15) is 16.6 Å². The maximum Gasteiger partial charge on any atom is 0.415 e. The average Bonchev–Trinajstić information content (AvgIpc) is 2.79. The molecule has 2 aromatic heterocycles. The third-order valence-corrected chi connectivity index (χ3v) is 2.80. The van der Waals surface area contributed by atoms with Crippen LogP contribution in [0, 0.1) is 6.92 Å². The van der Waals surface area contributed by atoms with Crippen LogP contribution in [0.4, 0.5) is 10.6 Å². The van der Waals surface area contributed by atoms with Crippen molar-refractivity contribution in [1.29, 1.82) is 0 Å². The fraction of sp³-hybridized carbons (Fsp3) is 0.533. The molecule has 0 aliphatic heterocycles. The lowest BCUT2D eigenvalue weighted by atomic mass is 10.2. The molecule has 0 saturated carbocycles. The van der Waals surface area contributed by atoms with E-state index < -0.39 is 11.7 Å². The lowest BCUT2D eigenvalue weighted by Crippen LogP contribution is -2.35. The van der Waals surface area contributed by atoms with E-state index in [1.165, 1.54) is 4.90 Å². The number of aromatic nitrogens is 3. The normalized spacial score (nSPS) is 10.9. The van der Waals surface area contributed by atoms with E-state index in [0.717, 1.165) is 5.56 Å². The number of amides is 1. The number of carbonyl (C=O) groups excluding carboxylic acids is 1. The molecule has 2 heterocycles. The molecule has 0 aliphatic rings. The Bertz CT molecular complexity index is 661. The highest BCUT2D eigenvalue weighted by Crippen LogP contribution is 2.22. The summed E-state index contributed by atoms with van der Waals surface area (Å²) in [6, 6.07) is 1.57. The molecule has 0 aromatic carbocycles. The summed E-state index contributed by atoms with van der Waals surface area (Å²) in [5, 5.41) is 4.50. The van der Waals surface area contributed by atoms with E-state index in [9.17, 15) is 4.79 Å². The van der Waals surface area contributed by atoms with Crippen LogP contribution in [0.15, 0.2) is 12.3 Å². The van der Waals surface area contributed by atoms with Crippen LogP contribution in [0.1, 0.15) is 40.2 Å².